The molecule has 0 heterocycles. The third-order valence-corrected chi connectivity index (χ3v) is 2.39. The Hall–Kier alpha value is -1.49. The number of halogens is 3. The highest BCUT2D eigenvalue weighted by atomic mass is 79.9. The molecular weight excluding hydrogens is 278 g/mol. The molecular formula is C11H9BrF2N2. The standard InChI is InChI=1S/C11H9BrF2N2/c1-7(16-6-2-5-15)8-3-4-9(12)11(14)10(8)13/h2-6H,1,15H2/b5-2-,16-6-. The molecule has 0 amide bonds. The Labute approximate surface area is 100 Å². The molecule has 0 aliphatic rings. The SMILES string of the molecule is C=C(/N=C\C=C/N)c1ccc(Br)c(F)c1F. The van der Waals surface area contributed by atoms with Crippen LogP contribution >= 0.6 is 15.9 Å². The molecule has 2 nitrogen and oxygen atoms in total. The Morgan fingerprint density at radius 1 is 1.38 bits per heavy atom. The maximum atomic E-state index is 13.4. The highest BCUT2D eigenvalue weighted by Crippen LogP contribution is 2.25. The van der Waals surface area contributed by atoms with E-state index in [4.69, 9.17) is 5.73 Å². The van der Waals surface area contributed by atoms with E-state index in [2.05, 4.69) is 27.5 Å². The first-order valence-corrected chi connectivity index (χ1v) is 5.11. The summed E-state index contributed by atoms with van der Waals surface area (Å²) in [6.07, 6.45) is 4.08. The van der Waals surface area contributed by atoms with Crippen molar-refractivity contribution in [3.8, 4) is 0 Å². The molecule has 0 saturated carbocycles. The van der Waals surface area contributed by atoms with Crippen molar-refractivity contribution in [1.82, 2.24) is 0 Å². The van der Waals surface area contributed by atoms with Crippen molar-refractivity contribution >= 4 is 27.8 Å². The van der Waals surface area contributed by atoms with Gasteiger partial charge in [-0.15, -0.1) is 0 Å². The maximum absolute atomic E-state index is 13.4. The zero-order chi connectivity index (χ0) is 12.1. The summed E-state index contributed by atoms with van der Waals surface area (Å²) in [7, 11) is 0. The summed E-state index contributed by atoms with van der Waals surface area (Å²) in [5.74, 6) is -1.93. The third kappa shape index (κ3) is 2.76. The summed E-state index contributed by atoms with van der Waals surface area (Å²) in [4.78, 5) is 3.81. The Balaban J connectivity index is 3.06. The minimum Gasteiger partial charge on any atom is -0.405 e. The van der Waals surface area contributed by atoms with Crippen molar-refractivity contribution in [2.24, 2.45) is 10.7 Å². The fraction of sp³-hybridized carbons (Fsp3) is 0. The van der Waals surface area contributed by atoms with Crippen molar-refractivity contribution in [3.63, 3.8) is 0 Å². The van der Waals surface area contributed by atoms with Crippen molar-refractivity contribution in [3.05, 3.63) is 52.7 Å². The molecule has 0 atom stereocenters. The smallest absolute Gasteiger partial charge is 0.173 e. The van der Waals surface area contributed by atoms with Crippen LogP contribution < -0.4 is 5.73 Å². The summed E-state index contributed by atoms with van der Waals surface area (Å²) in [5, 5.41) is 0. The molecule has 0 radical (unpaired) electrons. The molecule has 0 fully saturated rings. The predicted molar refractivity (Wildman–Crippen MR) is 64.9 cm³/mol. The van der Waals surface area contributed by atoms with E-state index in [0.717, 1.165) is 0 Å². The molecule has 0 unspecified atom stereocenters. The number of rotatable bonds is 3. The highest BCUT2D eigenvalue weighted by molar-refractivity contribution is 9.10. The van der Waals surface area contributed by atoms with Crippen LogP contribution in [0.2, 0.25) is 0 Å². The van der Waals surface area contributed by atoms with Crippen LogP contribution in [0.5, 0.6) is 0 Å². The fourth-order valence-corrected chi connectivity index (χ4v) is 1.31. The molecule has 16 heavy (non-hydrogen) atoms. The lowest BCUT2D eigenvalue weighted by molar-refractivity contribution is 0.502. The van der Waals surface area contributed by atoms with E-state index in [1.807, 2.05) is 0 Å². The van der Waals surface area contributed by atoms with Gasteiger partial charge in [-0.3, -0.25) is 4.99 Å². The second-order valence-electron chi connectivity index (χ2n) is 2.83. The molecule has 0 aromatic heterocycles. The molecule has 0 aliphatic heterocycles. The Kier molecular flexibility index (Phi) is 4.37. The van der Waals surface area contributed by atoms with Crippen LogP contribution in [0.3, 0.4) is 0 Å². The molecule has 0 aliphatic carbocycles. The number of benzene rings is 1. The normalized spacial score (nSPS) is 11.4. The van der Waals surface area contributed by atoms with Crippen LogP contribution in [0.25, 0.3) is 5.70 Å². The topological polar surface area (TPSA) is 38.4 Å². The average Bonchev–Trinajstić information content (AvgIpc) is 2.26. The van der Waals surface area contributed by atoms with E-state index in [1.165, 1.54) is 30.6 Å². The van der Waals surface area contributed by atoms with Crippen molar-refractivity contribution in [2.45, 2.75) is 0 Å². The number of hydrogen-bond donors (Lipinski definition) is 1. The summed E-state index contributed by atoms with van der Waals surface area (Å²) < 4.78 is 26.7. The van der Waals surface area contributed by atoms with Gasteiger partial charge in [0.05, 0.1) is 10.2 Å². The second kappa shape index (κ2) is 5.55. The molecule has 1 aromatic rings. The Morgan fingerprint density at radius 2 is 2.06 bits per heavy atom. The molecule has 5 heteroatoms. The maximum Gasteiger partial charge on any atom is 0.173 e. The first-order valence-electron chi connectivity index (χ1n) is 4.31. The lowest BCUT2D eigenvalue weighted by Crippen LogP contribution is -1.93. The van der Waals surface area contributed by atoms with E-state index in [1.54, 1.807) is 0 Å². The van der Waals surface area contributed by atoms with Crippen molar-refractivity contribution in [2.75, 3.05) is 0 Å². The number of hydrogen-bond acceptors (Lipinski definition) is 2. The largest absolute Gasteiger partial charge is 0.405 e. The molecule has 0 bridgehead atoms. The summed E-state index contributed by atoms with van der Waals surface area (Å²) >= 11 is 2.88. The summed E-state index contributed by atoms with van der Waals surface area (Å²) in [6.45, 7) is 3.53. The third-order valence-electron chi connectivity index (χ3n) is 1.77. The molecule has 0 saturated heterocycles. The molecule has 0 spiro atoms. The average molecular weight is 287 g/mol. The lowest BCUT2D eigenvalue weighted by atomic mass is 10.1. The first kappa shape index (κ1) is 12.6. The molecule has 1 rings (SSSR count). The summed E-state index contributed by atoms with van der Waals surface area (Å²) in [5.41, 5.74) is 5.23. The van der Waals surface area contributed by atoms with Gasteiger partial charge in [-0.1, -0.05) is 6.58 Å². The van der Waals surface area contributed by atoms with Crippen LogP contribution in [0.4, 0.5) is 8.78 Å². The highest BCUT2D eigenvalue weighted by Gasteiger charge is 2.13. The van der Waals surface area contributed by atoms with Crippen LogP contribution in [0, 0.1) is 11.6 Å². The van der Waals surface area contributed by atoms with Crippen molar-refractivity contribution in [1.29, 1.82) is 0 Å². The molecule has 2 N–H and O–H groups in total. The lowest BCUT2D eigenvalue weighted by Gasteiger charge is -2.03. The van der Waals surface area contributed by atoms with Crippen molar-refractivity contribution < 1.29 is 8.78 Å². The van der Waals surface area contributed by atoms with E-state index in [9.17, 15) is 8.78 Å². The first-order chi connectivity index (χ1) is 7.57. The number of nitrogens with zero attached hydrogens (tertiary/aromatic N) is 1. The van der Waals surface area contributed by atoms with Gasteiger partial charge in [0.15, 0.2) is 11.6 Å². The van der Waals surface area contributed by atoms with Crippen LogP contribution in [0.1, 0.15) is 5.56 Å². The number of allylic oxidation sites excluding steroid dienone is 1. The molecule has 84 valence electrons. The Morgan fingerprint density at radius 3 is 2.69 bits per heavy atom. The van der Waals surface area contributed by atoms with Gasteiger partial charge in [-0.05, 0) is 40.3 Å². The van der Waals surface area contributed by atoms with Gasteiger partial charge in [0.25, 0.3) is 0 Å². The van der Waals surface area contributed by atoms with Crippen LogP contribution in [-0.2, 0) is 0 Å². The van der Waals surface area contributed by atoms with E-state index in [-0.39, 0.29) is 15.7 Å². The van der Waals surface area contributed by atoms with E-state index in [0.29, 0.717) is 0 Å². The van der Waals surface area contributed by atoms with Gasteiger partial charge in [0, 0.05) is 11.8 Å². The van der Waals surface area contributed by atoms with E-state index >= 15 is 0 Å². The van der Waals surface area contributed by atoms with Gasteiger partial charge in [0.2, 0.25) is 0 Å². The minimum absolute atomic E-state index is 0.0161. The zero-order valence-electron chi connectivity index (χ0n) is 8.25. The quantitative estimate of drug-likeness (QED) is 0.672. The fourth-order valence-electron chi connectivity index (χ4n) is 1.00. The summed E-state index contributed by atoms with van der Waals surface area (Å²) in [6, 6.07) is 2.79. The van der Waals surface area contributed by atoms with Gasteiger partial charge < -0.3 is 5.73 Å². The second-order valence-corrected chi connectivity index (χ2v) is 3.69. The van der Waals surface area contributed by atoms with Crippen LogP contribution in [0.15, 0.2) is 40.5 Å². The monoisotopic (exact) mass is 286 g/mol. The van der Waals surface area contributed by atoms with Gasteiger partial charge in [0.1, 0.15) is 0 Å². The predicted octanol–water partition coefficient (Wildman–Crippen LogP) is 3.24. The number of nitrogens with two attached hydrogens (primary N) is 1. The van der Waals surface area contributed by atoms with Gasteiger partial charge >= 0.3 is 0 Å². The van der Waals surface area contributed by atoms with Crippen LogP contribution in [-0.4, -0.2) is 6.21 Å². The Bertz CT molecular complexity index is 467. The zero-order valence-corrected chi connectivity index (χ0v) is 9.84. The van der Waals surface area contributed by atoms with Gasteiger partial charge in [-0.25, -0.2) is 8.78 Å². The number of aliphatic imine (C=N–C) groups is 1. The minimum atomic E-state index is -0.978. The van der Waals surface area contributed by atoms with Gasteiger partial charge in [-0.2, -0.15) is 0 Å². The van der Waals surface area contributed by atoms with E-state index < -0.39 is 11.6 Å². The molecule has 1 aromatic carbocycles.